The highest BCUT2D eigenvalue weighted by atomic mass is 127. The number of aliphatic hydroxyl groups excluding tert-OH is 1. The highest BCUT2D eigenvalue weighted by Gasteiger charge is 2.49. The van der Waals surface area contributed by atoms with Crippen LogP contribution in [0.4, 0.5) is 15.0 Å². The smallest absolute Gasteiger partial charge is 0.434 e. The standard InChI is InChI=1S/C17H22FIN4O5/c1-17(2,3)6-26-16(25)28-12-9(5-24)27-15(11(12)18)23-4-8(19)10-13(20)21-7-22-14(10)23/h4,7,9,11-12,15,24H,5-6H2,1-3H3,(H2,20,21,22)/t9-,11+,12-,15-/m1/s1. The molecule has 1 aliphatic rings. The molecule has 11 heteroatoms. The lowest BCUT2D eigenvalue weighted by Gasteiger charge is -2.21. The summed E-state index contributed by atoms with van der Waals surface area (Å²) in [5.74, 6) is 0.263. The molecule has 0 aromatic carbocycles. The lowest BCUT2D eigenvalue weighted by molar-refractivity contribution is -0.0581. The lowest BCUT2D eigenvalue weighted by Crippen LogP contribution is -2.36. The minimum absolute atomic E-state index is 0.111. The van der Waals surface area contributed by atoms with Crippen LogP contribution in [0.5, 0.6) is 0 Å². The van der Waals surface area contributed by atoms with Crippen LogP contribution >= 0.6 is 22.6 Å². The molecule has 28 heavy (non-hydrogen) atoms. The average molecular weight is 508 g/mol. The number of aromatic nitrogens is 3. The second kappa shape index (κ2) is 7.95. The van der Waals surface area contributed by atoms with Crippen molar-refractivity contribution in [2.75, 3.05) is 18.9 Å². The number of hydrogen-bond acceptors (Lipinski definition) is 8. The molecule has 0 amide bonds. The van der Waals surface area contributed by atoms with Gasteiger partial charge in [0.05, 0.1) is 18.6 Å². The number of nitrogen functional groups attached to an aromatic ring is 1. The second-order valence-electron chi connectivity index (χ2n) is 7.72. The number of halogens is 2. The number of ether oxygens (including phenoxy) is 3. The van der Waals surface area contributed by atoms with Gasteiger partial charge in [-0.3, -0.25) is 0 Å². The molecule has 4 atom stereocenters. The molecule has 1 aliphatic heterocycles. The molecule has 154 valence electrons. The molecule has 0 spiro atoms. The van der Waals surface area contributed by atoms with Crippen LogP contribution < -0.4 is 5.73 Å². The topological polar surface area (TPSA) is 122 Å². The Hall–Kier alpha value is -1.73. The van der Waals surface area contributed by atoms with Gasteiger partial charge in [0.1, 0.15) is 23.9 Å². The van der Waals surface area contributed by atoms with E-state index < -0.39 is 37.4 Å². The van der Waals surface area contributed by atoms with Crippen molar-refractivity contribution in [3.05, 3.63) is 16.1 Å². The second-order valence-corrected chi connectivity index (χ2v) is 8.88. The van der Waals surface area contributed by atoms with Gasteiger partial charge in [0.2, 0.25) is 0 Å². The fourth-order valence-electron chi connectivity index (χ4n) is 2.88. The highest BCUT2D eigenvalue weighted by molar-refractivity contribution is 14.1. The first-order valence-corrected chi connectivity index (χ1v) is 9.70. The summed E-state index contributed by atoms with van der Waals surface area (Å²) >= 11 is 2.04. The number of nitrogens with two attached hydrogens (primary N) is 1. The van der Waals surface area contributed by atoms with Gasteiger partial charge in [0.25, 0.3) is 0 Å². The van der Waals surface area contributed by atoms with Crippen LogP contribution in [0.15, 0.2) is 12.5 Å². The monoisotopic (exact) mass is 508 g/mol. The first-order valence-electron chi connectivity index (χ1n) is 8.62. The number of anilines is 1. The molecule has 0 radical (unpaired) electrons. The fourth-order valence-corrected chi connectivity index (χ4v) is 3.70. The van der Waals surface area contributed by atoms with E-state index >= 15 is 4.39 Å². The van der Waals surface area contributed by atoms with E-state index in [0.717, 1.165) is 3.57 Å². The number of aliphatic hydroxyl groups is 1. The van der Waals surface area contributed by atoms with E-state index in [2.05, 4.69) is 9.97 Å². The molecule has 1 fully saturated rings. The molecular weight excluding hydrogens is 486 g/mol. The summed E-state index contributed by atoms with van der Waals surface area (Å²) in [6.07, 6.45) is -3.38. The summed E-state index contributed by atoms with van der Waals surface area (Å²) < 4.78 is 33.1. The summed E-state index contributed by atoms with van der Waals surface area (Å²) in [5, 5.41) is 10.2. The highest BCUT2D eigenvalue weighted by Crippen LogP contribution is 2.37. The van der Waals surface area contributed by atoms with Crippen LogP contribution in [0.2, 0.25) is 0 Å². The van der Waals surface area contributed by atoms with Crippen LogP contribution in [-0.2, 0) is 14.2 Å². The summed E-state index contributed by atoms with van der Waals surface area (Å²) in [6.45, 7) is 5.24. The Kier molecular flexibility index (Phi) is 5.96. The summed E-state index contributed by atoms with van der Waals surface area (Å²) in [6, 6.07) is 0. The van der Waals surface area contributed by atoms with E-state index in [0.29, 0.717) is 11.0 Å². The van der Waals surface area contributed by atoms with Crippen LogP contribution in [-0.4, -0.2) is 57.4 Å². The summed E-state index contributed by atoms with van der Waals surface area (Å²) in [5.41, 5.74) is 6.01. The van der Waals surface area contributed by atoms with Gasteiger partial charge >= 0.3 is 6.16 Å². The average Bonchev–Trinajstić information content (AvgIpc) is 3.11. The van der Waals surface area contributed by atoms with Crippen LogP contribution in [0.25, 0.3) is 11.0 Å². The SMILES string of the molecule is CC(C)(C)COC(=O)O[C@H]1[C@H](F)[C@H](n2cc(I)c3c(N)ncnc32)O[C@@H]1CO. The predicted octanol–water partition coefficient (Wildman–Crippen LogP) is 2.41. The molecule has 3 heterocycles. The Balaban J connectivity index is 1.82. The Bertz CT molecular complexity index is 871. The van der Waals surface area contributed by atoms with Gasteiger partial charge in [0.15, 0.2) is 18.5 Å². The molecule has 3 N–H and O–H groups in total. The van der Waals surface area contributed by atoms with E-state index in [-0.39, 0.29) is 17.8 Å². The lowest BCUT2D eigenvalue weighted by atomic mass is 9.99. The Morgan fingerprint density at radius 1 is 1.46 bits per heavy atom. The third-order valence-electron chi connectivity index (χ3n) is 4.17. The number of rotatable bonds is 4. The maximum Gasteiger partial charge on any atom is 0.508 e. The van der Waals surface area contributed by atoms with Crippen molar-refractivity contribution in [2.24, 2.45) is 5.41 Å². The Labute approximate surface area is 174 Å². The van der Waals surface area contributed by atoms with Crippen LogP contribution in [0.1, 0.15) is 27.0 Å². The number of fused-ring (bicyclic) bond motifs is 1. The van der Waals surface area contributed by atoms with E-state index in [1.807, 2.05) is 43.4 Å². The van der Waals surface area contributed by atoms with Gasteiger partial charge in [0, 0.05) is 9.77 Å². The maximum absolute atomic E-state index is 15.2. The number of carbonyl (C=O) groups excluding carboxylic acids is 1. The summed E-state index contributed by atoms with van der Waals surface area (Å²) in [4.78, 5) is 20.1. The minimum atomic E-state index is -1.75. The van der Waals surface area contributed by atoms with Crippen molar-refractivity contribution in [3.63, 3.8) is 0 Å². The number of hydrogen-bond donors (Lipinski definition) is 2. The zero-order chi connectivity index (χ0) is 20.6. The van der Waals surface area contributed by atoms with Crippen molar-refractivity contribution >= 4 is 45.6 Å². The third-order valence-corrected chi connectivity index (χ3v) is 4.99. The van der Waals surface area contributed by atoms with E-state index in [1.54, 1.807) is 6.20 Å². The van der Waals surface area contributed by atoms with Gasteiger partial charge in [-0.25, -0.2) is 19.2 Å². The minimum Gasteiger partial charge on any atom is -0.434 e. The van der Waals surface area contributed by atoms with Crippen molar-refractivity contribution in [1.29, 1.82) is 0 Å². The van der Waals surface area contributed by atoms with Crippen molar-refractivity contribution in [2.45, 2.75) is 45.4 Å². The molecule has 3 rings (SSSR count). The van der Waals surface area contributed by atoms with Gasteiger partial charge in [-0.15, -0.1) is 0 Å². The number of carbonyl (C=O) groups is 1. The van der Waals surface area contributed by atoms with Gasteiger partial charge in [-0.1, -0.05) is 20.8 Å². The number of nitrogens with zero attached hydrogens (tertiary/aromatic N) is 3. The van der Waals surface area contributed by atoms with Crippen LogP contribution in [0.3, 0.4) is 0 Å². The van der Waals surface area contributed by atoms with Crippen molar-refractivity contribution < 1.29 is 28.5 Å². The quantitative estimate of drug-likeness (QED) is 0.477. The third kappa shape index (κ3) is 4.15. The zero-order valence-electron chi connectivity index (χ0n) is 15.6. The largest absolute Gasteiger partial charge is 0.508 e. The number of alkyl halides is 1. The normalized spacial score (nSPS) is 25.2. The Morgan fingerprint density at radius 2 is 2.18 bits per heavy atom. The molecule has 9 nitrogen and oxygen atoms in total. The Morgan fingerprint density at radius 3 is 2.82 bits per heavy atom. The van der Waals surface area contributed by atoms with Crippen LogP contribution in [0, 0.1) is 8.99 Å². The van der Waals surface area contributed by atoms with E-state index in [4.69, 9.17) is 19.9 Å². The zero-order valence-corrected chi connectivity index (χ0v) is 17.8. The van der Waals surface area contributed by atoms with Gasteiger partial charge < -0.3 is 29.6 Å². The molecule has 0 saturated carbocycles. The van der Waals surface area contributed by atoms with E-state index in [1.165, 1.54) is 10.9 Å². The molecule has 0 bridgehead atoms. The van der Waals surface area contributed by atoms with Gasteiger partial charge in [-0.2, -0.15) is 0 Å². The maximum atomic E-state index is 15.2. The molecule has 0 aliphatic carbocycles. The summed E-state index contributed by atoms with van der Waals surface area (Å²) in [7, 11) is 0. The van der Waals surface area contributed by atoms with E-state index in [9.17, 15) is 9.90 Å². The predicted molar refractivity (Wildman–Crippen MR) is 106 cm³/mol. The van der Waals surface area contributed by atoms with Crippen molar-refractivity contribution in [1.82, 2.24) is 14.5 Å². The first-order chi connectivity index (χ1) is 13.1. The first kappa shape index (κ1) is 21.0. The molecular formula is C17H22FIN4O5. The molecule has 2 aromatic heterocycles. The van der Waals surface area contributed by atoms with Gasteiger partial charge in [-0.05, 0) is 28.0 Å². The molecule has 2 aromatic rings. The van der Waals surface area contributed by atoms with Crippen molar-refractivity contribution in [3.8, 4) is 0 Å². The molecule has 1 saturated heterocycles. The molecule has 0 unspecified atom stereocenters. The fraction of sp³-hybridized carbons (Fsp3) is 0.588.